The van der Waals surface area contributed by atoms with Gasteiger partial charge in [0.25, 0.3) is 0 Å². The molecule has 10 heteroatoms. The first-order valence-electron chi connectivity index (χ1n) is 3.17. The zero-order valence-electron chi connectivity index (χ0n) is 7.56. The molecule has 16 heavy (non-hydrogen) atoms. The average Bonchev–Trinajstić information content (AvgIpc) is 1.82. The van der Waals surface area contributed by atoms with E-state index in [0.717, 1.165) is 0 Å². The van der Waals surface area contributed by atoms with Gasteiger partial charge < -0.3 is 20.4 Å². The molecule has 0 saturated heterocycles. The van der Waals surface area contributed by atoms with Gasteiger partial charge in [0.1, 0.15) is 0 Å². The average molecular weight is 486 g/mol. The van der Waals surface area contributed by atoms with Crippen LogP contribution in [-0.4, -0.2) is 43.9 Å². The molecule has 0 aromatic rings. The van der Waals surface area contributed by atoms with Gasteiger partial charge in [-0.2, -0.15) is 0 Å². The summed E-state index contributed by atoms with van der Waals surface area (Å²) in [6.07, 6.45) is -2.29. The molecule has 0 spiro atoms. The topological polar surface area (TPSA) is 132 Å². The Balaban J connectivity index is -0.000000240. The fraction of sp³-hybridized carbons (Fsp3) is 0.500. The maximum atomic E-state index is 10.3. The molecule has 0 aliphatic rings. The predicted octanol–water partition coefficient (Wildman–Crippen LogP) is -1.26. The van der Waals surface area contributed by atoms with Crippen LogP contribution in [-0.2, 0) is 74.7 Å². The Morgan fingerprint density at radius 3 is 1.19 bits per heavy atom. The van der Waals surface area contributed by atoms with Crippen molar-refractivity contribution in [3.63, 3.8) is 0 Å². The summed E-state index contributed by atoms with van der Waals surface area (Å²) in [5.41, 5.74) is -2.74. The van der Waals surface area contributed by atoms with E-state index in [1.807, 2.05) is 0 Å². The van der Waals surface area contributed by atoms with Crippen molar-refractivity contribution in [3.05, 3.63) is 0 Å². The van der Waals surface area contributed by atoms with Crippen LogP contribution in [0.4, 0.5) is 0 Å². The van der Waals surface area contributed by atoms with Crippen LogP contribution in [0, 0.1) is 0 Å². The minimum absolute atomic E-state index is 0. The largest absolute Gasteiger partial charge is 0.481 e. The number of aliphatic hydroxyl groups is 1. The molecule has 0 bridgehead atoms. The summed E-state index contributed by atoms with van der Waals surface area (Å²) in [4.78, 5) is 30.5. The molecule has 3 radical (unpaired) electrons. The smallest absolute Gasteiger partial charge is 0.336 e. The summed E-state index contributed by atoms with van der Waals surface area (Å²) < 4.78 is 0. The summed E-state index contributed by atoms with van der Waals surface area (Å²) in [5.74, 6) is -5.02. The Labute approximate surface area is 131 Å². The summed E-state index contributed by atoms with van der Waals surface area (Å²) in [7, 11) is 0. The number of carbonyl (C=O) groups is 3. The third-order valence-corrected chi connectivity index (χ3v) is 1.29. The van der Waals surface area contributed by atoms with Crippen molar-refractivity contribution in [3.8, 4) is 0 Å². The SMILES string of the molecule is O=C(O)CC(O)(CC(=O)O)C(=O)O.[Tc].[Tc].[Tc]. The fourth-order valence-corrected chi connectivity index (χ4v) is 0.714. The molecule has 0 atom stereocenters. The van der Waals surface area contributed by atoms with E-state index in [-0.39, 0.29) is 60.3 Å². The van der Waals surface area contributed by atoms with E-state index in [1.54, 1.807) is 0 Å². The quantitative estimate of drug-likeness (QED) is 0.382. The second-order valence-electron chi connectivity index (χ2n) is 2.48. The maximum Gasteiger partial charge on any atom is 0.336 e. The number of aliphatic carboxylic acids is 3. The van der Waals surface area contributed by atoms with Gasteiger partial charge in [-0.3, -0.25) is 9.59 Å². The molecule has 0 aromatic heterocycles. The van der Waals surface area contributed by atoms with Gasteiger partial charge in [0.15, 0.2) is 5.60 Å². The zero-order valence-corrected chi connectivity index (χ0v) is 13.1. The van der Waals surface area contributed by atoms with Crippen LogP contribution >= 0.6 is 0 Å². The van der Waals surface area contributed by atoms with E-state index in [1.165, 1.54) is 0 Å². The number of hydrogen-bond donors (Lipinski definition) is 4. The van der Waals surface area contributed by atoms with Gasteiger partial charge in [-0.1, -0.05) is 0 Å². The minimum Gasteiger partial charge on any atom is -0.481 e. The first kappa shape index (κ1) is 25.2. The van der Waals surface area contributed by atoms with Gasteiger partial charge in [0, 0.05) is 60.3 Å². The molecule has 0 amide bonds. The predicted molar refractivity (Wildman–Crippen MR) is 37.1 cm³/mol. The number of carboxylic acids is 3. The molecule has 0 fully saturated rings. The molecule has 7 nitrogen and oxygen atoms in total. The van der Waals surface area contributed by atoms with Gasteiger partial charge >= 0.3 is 17.9 Å². The first-order valence-corrected chi connectivity index (χ1v) is 3.17. The number of rotatable bonds is 5. The van der Waals surface area contributed by atoms with Crippen molar-refractivity contribution in [2.24, 2.45) is 0 Å². The normalized spacial score (nSPS) is 8.81. The summed E-state index contributed by atoms with van der Waals surface area (Å²) in [5, 5.41) is 33.8. The van der Waals surface area contributed by atoms with Crippen LogP contribution in [0.25, 0.3) is 0 Å². The molecule has 0 saturated carbocycles. The van der Waals surface area contributed by atoms with E-state index in [0.29, 0.717) is 0 Å². The minimum atomic E-state index is -2.74. The number of hydrogen-bond acceptors (Lipinski definition) is 4. The van der Waals surface area contributed by atoms with Gasteiger partial charge in [-0.25, -0.2) is 4.79 Å². The van der Waals surface area contributed by atoms with Gasteiger partial charge in [0.2, 0.25) is 0 Å². The molecule has 95 valence electrons. The van der Waals surface area contributed by atoms with Crippen LogP contribution in [0.15, 0.2) is 0 Å². The van der Waals surface area contributed by atoms with Crippen LogP contribution in [0.2, 0.25) is 0 Å². The summed E-state index contributed by atoms with van der Waals surface area (Å²) in [6.45, 7) is 0. The molecule has 0 aliphatic carbocycles. The van der Waals surface area contributed by atoms with Crippen molar-refractivity contribution < 1.29 is 95.1 Å². The van der Waals surface area contributed by atoms with E-state index in [4.69, 9.17) is 20.4 Å². The van der Waals surface area contributed by atoms with E-state index in [9.17, 15) is 14.4 Å². The van der Waals surface area contributed by atoms with Crippen LogP contribution in [0.3, 0.4) is 0 Å². The standard InChI is InChI=1S/C6H8O7.3Tc/c7-3(8)1-6(13,5(11)12)2-4(9)10;;;/h13H,1-2H2,(H,7,8)(H,9,10)(H,11,12);;;. The van der Waals surface area contributed by atoms with Crippen LogP contribution in [0.5, 0.6) is 0 Å². The van der Waals surface area contributed by atoms with Crippen molar-refractivity contribution in [2.75, 3.05) is 0 Å². The summed E-state index contributed by atoms with van der Waals surface area (Å²) in [6, 6.07) is 0. The molecule has 0 aliphatic heterocycles. The zero-order chi connectivity index (χ0) is 10.6. The monoisotopic (exact) mass is 483 g/mol. The van der Waals surface area contributed by atoms with Gasteiger partial charge in [0.05, 0.1) is 12.8 Å². The molecule has 0 rings (SSSR count). The Morgan fingerprint density at radius 2 is 1.06 bits per heavy atom. The van der Waals surface area contributed by atoms with Gasteiger partial charge in [-0.15, -0.1) is 0 Å². The van der Waals surface area contributed by atoms with Crippen molar-refractivity contribution >= 4 is 17.9 Å². The van der Waals surface area contributed by atoms with Crippen LogP contribution < -0.4 is 0 Å². The van der Waals surface area contributed by atoms with Crippen molar-refractivity contribution in [2.45, 2.75) is 18.4 Å². The van der Waals surface area contributed by atoms with E-state index in [2.05, 4.69) is 0 Å². The Bertz CT molecular complexity index is 239. The van der Waals surface area contributed by atoms with Crippen LogP contribution in [0.1, 0.15) is 12.8 Å². The third-order valence-electron chi connectivity index (χ3n) is 1.29. The molecule has 0 unspecified atom stereocenters. The molecular weight excluding hydrogens is 478 g/mol. The molecule has 0 heterocycles. The Morgan fingerprint density at radius 1 is 0.812 bits per heavy atom. The second-order valence-corrected chi connectivity index (χ2v) is 2.48. The summed E-state index contributed by atoms with van der Waals surface area (Å²) >= 11 is 0. The molecule has 0 aromatic carbocycles. The maximum absolute atomic E-state index is 10.3. The van der Waals surface area contributed by atoms with Crippen molar-refractivity contribution in [1.29, 1.82) is 0 Å². The fourth-order valence-electron chi connectivity index (χ4n) is 0.714. The molecular formula is C6H8O7Tc3. The van der Waals surface area contributed by atoms with E-state index < -0.39 is 36.4 Å². The first-order chi connectivity index (χ1) is 5.78. The van der Waals surface area contributed by atoms with E-state index >= 15 is 0 Å². The third kappa shape index (κ3) is 9.54. The number of carboxylic acid groups (broad SMARTS) is 3. The van der Waals surface area contributed by atoms with Gasteiger partial charge in [-0.05, 0) is 0 Å². The Kier molecular flexibility index (Phi) is 16.5. The second kappa shape index (κ2) is 10.5. The Hall–Kier alpha value is 0.318. The molecule has 4 N–H and O–H groups in total. The van der Waals surface area contributed by atoms with Crippen molar-refractivity contribution in [1.82, 2.24) is 0 Å².